The zero-order valence-corrected chi connectivity index (χ0v) is 13.6. The maximum absolute atomic E-state index is 12.3. The summed E-state index contributed by atoms with van der Waals surface area (Å²) in [6.45, 7) is 0.591. The van der Waals surface area contributed by atoms with Crippen LogP contribution in [-0.4, -0.2) is 25.1 Å². The Morgan fingerprint density at radius 3 is 2.28 bits per heavy atom. The van der Waals surface area contributed by atoms with Crippen molar-refractivity contribution in [3.8, 4) is 5.75 Å². The summed E-state index contributed by atoms with van der Waals surface area (Å²) in [5.41, 5.74) is 0.616. The summed E-state index contributed by atoms with van der Waals surface area (Å²) in [4.78, 5) is 24.0. The molecule has 0 saturated heterocycles. The molecule has 5 heteroatoms. The molecule has 2 amide bonds. The average molecular weight is 334 g/mol. The molecule has 0 aliphatic heterocycles. The van der Waals surface area contributed by atoms with E-state index in [-0.39, 0.29) is 12.5 Å². The van der Waals surface area contributed by atoms with Crippen LogP contribution in [0.1, 0.15) is 10.4 Å². The second kappa shape index (κ2) is 7.97. The van der Waals surface area contributed by atoms with Crippen molar-refractivity contribution >= 4 is 22.8 Å². The number of hydrogen-bond acceptors (Lipinski definition) is 3. The van der Waals surface area contributed by atoms with Crippen molar-refractivity contribution in [2.75, 3.05) is 13.1 Å². The van der Waals surface area contributed by atoms with Crippen LogP contribution in [0, 0.1) is 0 Å². The molecule has 0 aliphatic rings. The first kappa shape index (κ1) is 16.5. The van der Waals surface area contributed by atoms with Crippen molar-refractivity contribution in [3.05, 3.63) is 78.4 Å². The minimum Gasteiger partial charge on any atom is -0.410 e. The van der Waals surface area contributed by atoms with Gasteiger partial charge >= 0.3 is 6.09 Å². The smallest absolute Gasteiger partial charge is 0.410 e. The molecule has 2 N–H and O–H groups in total. The molecular weight excluding hydrogens is 316 g/mol. The van der Waals surface area contributed by atoms with E-state index < -0.39 is 6.09 Å². The van der Waals surface area contributed by atoms with E-state index in [9.17, 15) is 9.59 Å². The Morgan fingerprint density at radius 2 is 1.44 bits per heavy atom. The second-order valence-electron chi connectivity index (χ2n) is 5.41. The van der Waals surface area contributed by atoms with Gasteiger partial charge in [0.25, 0.3) is 5.91 Å². The highest BCUT2D eigenvalue weighted by atomic mass is 16.6. The Labute approximate surface area is 145 Å². The van der Waals surface area contributed by atoms with Crippen molar-refractivity contribution in [2.24, 2.45) is 0 Å². The van der Waals surface area contributed by atoms with Crippen molar-refractivity contribution in [1.82, 2.24) is 10.6 Å². The number of carbonyl (C=O) groups excluding carboxylic acids is 2. The molecule has 0 fully saturated rings. The number of carbonyl (C=O) groups is 2. The van der Waals surface area contributed by atoms with Crippen LogP contribution in [-0.2, 0) is 0 Å². The number of rotatable bonds is 5. The van der Waals surface area contributed by atoms with Gasteiger partial charge < -0.3 is 15.4 Å². The number of amides is 2. The number of hydrogen-bond donors (Lipinski definition) is 2. The number of ether oxygens (including phenoxy) is 1. The fourth-order valence-electron chi connectivity index (χ4n) is 2.49. The molecular formula is C20H18N2O3. The minimum atomic E-state index is -0.550. The lowest BCUT2D eigenvalue weighted by Crippen LogP contribution is -2.36. The molecule has 0 bridgehead atoms. The molecule has 0 spiro atoms. The molecule has 0 aromatic heterocycles. The summed E-state index contributed by atoms with van der Waals surface area (Å²) in [6, 6.07) is 22.1. The largest absolute Gasteiger partial charge is 0.412 e. The van der Waals surface area contributed by atoms with Gasteiger partial charge in [0.15, 0.2) is 0 Å². The summed E-state index contributed by atoms with van der Waals surface area (Å²) < 4.78 is 5.10. The molecule has 5 nitrogen and oxygen atoms in total. The topological polar surface area (TPSA) is 67.4 Å². The molecule has 0 atom stereocenters. The fourth-order valence-corrected chi connectivity index (χ4v) is 2.49. The Bertz CT molecular complexity index is 873. The van der Waals surface area contributed by atoms with Crippen molar-refractivity contribution in [3.63, 3.8) is 0 Å². The third-order valence-corrected chi connectivity index (χ3v) is 3.67. The van der Waals surface area contributed by atoms with E-state index in [0.717, 1.165) is 10.8 Å². The summed E-state index contributed by atoms with van der Waals surface area (Å²) >= 11 is 0. The number of nitrogens with one attached hydrogen (secondary N) is 2. The van der Waals surface area contributed by atoms with Crippen LogP contribution in [0.15, 0.2) is 72.8 Å². The van der Waals surface area contributed by atoms with Gasteiger partial charge in [-0.1, -0.05) is 54.6 Å². The first-order valence-electron chi connectivity index (χ1n) is 8.01. The van der Waals surface area contributed by atoms with Gasteiger partial charge in [0.1, 0.15) is 5.75 Å². The lowest BCUT2D eigenvalue weighted by molar-refractivity contribution is 0.0955. The van der Waals surface area contributed by atoms with Crippen molar-refractivity contribution in [1.29, 1.82) is 0 Å². The van der Waals surface area contributed by atoms with Crippen LogP contribution < -0.4 is 15.4 Å². The average Bonchev–Trinajstić information content (AvgIpc) is 2.65. The summed E-state index contributed by atoms with van der Waals surface area (Å²) in [7, 11) is 0. The molecule has 0 aliphatic carbocycles. The van der Waals surface area contributed by atoms with E-state index in [1.165, 1.54) is 0 Å². The number of benzene rings is 3. The van der Waals surface area contributed by atoms with E-state index >= 15 is 0 Å². The van der Waals surface area contributed by atoms with Gasteiger partial charge in [-0.2, -0.15) is 0 Å². The van der Waals surface area contributed by atoms with Crippen LogP contribution in [0.5, 0.6) is 5.75 Å². The predicted octanol–water partition coefficient (Wildman–Crippen LogP) is 3.36. The van der Waals surface area contributed by atoms with Crippen LogP contribution in [0.4, 0.5) is 4.79 Å². The second-order valence-corrected chi connectivity index (χ2v) is 5.41. The molecule has 25 heavy (non-hydrogen) atoms. The number of para-hydroxylation sites is 1. The lowest BCUT2D eigenvalue weighted by Gasteiger charge is -2.09. The van der Waals surface area contributed by atoms with E-state index in [0.29, 0.717) is 17.9 Å². The van der Waals surface area contributed by atoms with E-state index in [1.54, 1.807) is 30.3 Å². The summed E-state index contributed by atoms with van der Waals surface area (Å²) in [5, 5.41) is 7.32. The first-order chi connectivity index (χ1) is 12.2. The van der Waals surface area contributed by atoms with Gasteiger partial charge in [0, 0.05) is 18.7 Å². The van der Waals surface area contributed by atoms with Gasteiger partial charge in [-0.15, -0.1) is 0 Å². The van der Waals surface area contributed by atoms with Gasteiger partial charge in [-0.05, 0) is 29.0 Å². The van der Waals surface area contributed by atoms with Gasteiger partial charge in [0.2, 0.25) is 0 Å². The van der Waals surface area contributed by atoms with Crippen LogP contribution in [0.3, 0.4) is 0 Å². The summed E-state index contributed by atoms with van der Waals surface area (Å²) in [6.07, 6.45) is -0.550. The van der Waals surface area contributed by atoms with Gasteiger partial charge in [-0.25, -0.2) is 4.79 Å². The van der Waals surface area contributed by atoms with E-state index in [1.807, 2.05) is 42.5 Å². The normalized spacial score (nSPS) is 10.2. The first-order valence-corrected chi connectivity index (χ1v) is 8.01. The highest BCUT2D eigenvalue weighted by Gasteiger charge is 2.09. The quantitative estimate of drug-likeness (QED) is 0.703. The van der Waals surface area contributed by atoms with E-state index in [2.05, 4.69) is 10.6 Å². The standard InChI is InChI=1S/C20H18N2O3/c23-19(18-12-6-8-15-7-4-5-11-17(15)18)21-13-14-22-20(24)25-16-9-2-1-3-10-16/h1-12H,13-14H2,(H,21,23)(H,22,24). The zero-order valence-electron chi connectivity index (χ0n) is 13.6. The molecule has 3 aromatic carbocycles. The SMILES string of the molecule is O=C(NCCNC(=O)c1cccc2ccccc12)Oc1ccccc1. The van der Waals surface area contributed by atoms with E-state index in [4.69, 9.17) is 4.74 Å². The molecule has 3 rings (SSSR count). The fraction of sp³-hybridized carbons (Fsp3) is 0.100. The minimum absolute atomic E-state index is 0.171. The van der Waals surface area contributed by atoms with Gasteiger partial charge in [0.05, 0.1) is 0 Å². The van der Waals surface area contributed by atoms with Crippen LogP contribution in [0.2, 0.25) is 0 Å². The Morgan fingerprint density at radius 1 is 0.760 bits per heavy atom. The molecule has 3 aromatic rings. The lowest BCUT2D eigenvalue weighted by atomic mass is 10.0. The predicted molar refractivity (Wildman–Crippen MR) is 96.7 cm³/mol. The maximum atomic E-state index is 12.3. The third-order valence-electron chi connectivity index (χ3n) is 3.67. The third kappa shape index (κ3) is 4.35. The highest BCUT2D eigenvalue weighted by molar-refractivity contribution is 6.07. The van der Waals surface area contributed by atoms with Gasteiger partial charge in [-0.3, -0.25) is 4.79 Å². The molecule has 0 unspecified atom stereocenters. The Hall–Kier alpha value is -3.34. The maximum Gasteiger partial charge on any atom is 0.412 e. The summed E-state index contributed by atoms with van der Waals surface area (Å²) in [5.74, 6) is 0.301. The highest BCUT2D eigenvalue weighted by Crippen LogP contribution is 2.18. The Kier molecular flexibility index (Phi) is 5.26. The van der Waals surface area contributed by atoms with Crippen molar-refractivity contribution in [2.45, 2.75) is 0 Å². The number of fused-ring (bicyclic) bond motifs is 1. The van der Waals surface area contributed by atoms with Crippen LogP contribution >= 0.6 is 0 Å². The molecule has 0 saturated carbocycles. The molecule has 0 heterocycles. The molecule has 0 radical (unpaired) electrons. The molecule has 126 valence electrons. The van der Waals surface area contributed by atoms with Crippen LogP contribution in [0.25, 0.3) is 10.8 Å². The Balaban J connectivity index is 1.49. The van der Waals surface area contributed by atoms with Crippen molar-refractivity contribution < 1.29 is 14.3 Å². The zero-order chi connectivity index (χ0) is 17.5. The monoisotopic (exact) mass is 334 g/mol.